The number of rotatable bonds is 5. The van der Waals surface area contributed by atoms with Gasteiger partial charge in [0.15, 0.2) is 0 Å². The van der Waals surface area contributed by atoms with E-state index in [4.69, 9.17) is 0 Å². The van der Waals surface area contributed by atoms with Crippen molar-refractivity contribution >= 4 is 6.29 Å². The monoisotopic (exact) mass is 168 g/mol. The molecular formula is C10H18NO. The fourth-order valence-electron chi connectivity index (χ4n) is 1.21. The lowest BCUT2D eigenvalue weighted by atomic mass is 10.2. The fraction of sp³-hybridized carbons (Fsp3) is 0.700. The summed E-state index contributed by atoms with van der Waals surface area (Å²) < 4.78 is 0. The molecule has 0 aliphatic carbocycles. The minimum absolute atomic E-state index is 0.440. The minimum atomic E-state index is 0.440. The summed E-state index contributed by atoms with van der Waals surface area (Å²) in [6.07, 6.45) is 1.82. The molecule has 2 nitrogen and oxygen atoms in total. The highest BCUT2D eigenvalue weighted by Gasteiger charge is 2.13. The normalized spacial score (nSPS) is 11.2. The molecule has 12 heavy (non-hydrogen) atoms. The Morgan fingerprint density at radius 1 is 1.33 bits per heavy atom. The molecule has 0 amide bonds. The highest BCUT2D eigenvalue weighted by Crippen LogP contribution is 2.06. The molecule has 0 fully saturated rings. The van der Waals surface area contributed by atoms with Gasteiger partial charge >= 0.3 is 0 Å². The standard InChI is InChI=1S/C10H18NO/c1-8(2)11(9(3)4)6-10(5)7-12/h8-9H,5-6H2,1-4H3. The van der Waals surface area contributed by atoms with Crippen LogP contribution in [0.3, 0.4) is 0 Å². The van der Waals surface area contributed by atoms with E-state index >= 15 is 0 Å². The van der Waals surface area contributed by atoms with Crippen LogP contribution in [0.5, 0.6) is 0 Å². The lowest BCUT2D eigenvalue weighted by Crippen LogP contribution is -2.38. The molecule has 0 aliphatic heterocycles. The van der Waals surface area contributed by atoms with Crippen LogP contribution in [0.4, 0.5) is 0 Å². The Hall–Kier alpha value is -0.630. The molecule has 0 heterocycles. The molecule has 1 radical (unpaired) electrons. The number of hydrogen-bond donors (Lipinski definition) is 0. The third kappa shape index (κ3) is 3.67. The first-order valence-electron chi connectivity index (χ1n) is 4.30. The van der Waals surface area contributed by atoms with Crippen molar-refractivity contribution in [1.29, 1.82) is 0 Å². The van der Waals surface area contributed by atoms with Crippen molar-refractivity contribution in [1.82, 2.24) is 4.90 Å². The molecule has 0 saturated heterocycles. The summed E-state index contributed by atoms with van der Waals surface area (Å²) >= 11 is 0. The Morgan fingerprint density at radius 2 is 1.75 bits per heavy atom. The second kappa shape index (κ2) is 5.09. The lowest BCUT2D eigenvalue weighted by molar-refractivity contribution is 0.194. The van der Waals surface area contributed by atoms with Crippen molar-refractivity contribution < 1.29 is 4.79 Å². The number of hydrogen-bond acceptors (Lipinski definition) is 2. The predicted octanol–water partition coefficient (Wildman–Crippen LogP) is 1.77. The van der Waals surface area contributed by atoms with E-state index in [-0.39, 0.29) is 0 Å². The Kier molecular flexibility index (Phi) is 4.83. The smallest absolute Gasteiger partial charge is 0.229 e. The van der Waals surface area contributed by atoms with E-state index in [2.05, 4.69) is 39.2 Å². The molecule has 0 bridgehead atoms. The molecule has 0 aromatic carbocycles. The predicted molar refractivity (Wildman–Crippen MR) is 51.8 cm³/mol. The second-order valence-electron chi connectivity index (χ2n) is 3.57. The van der Waals surface area contributed by atoms with E-state index in [1.165, 1.54) is 0 Å². The largest absolute Gasteiger partial charge is 0.294 e. The Balaban J connectivity index is 4.13. The van der Waals surface area contributed by atoms with Crippen LogP contribution < -0.4 is 0 Å². The molecule has 0 atom stereocenters. The van der Waals surface area contributed by atoms with Crippen LogP contribution in [0.1, 0.15) is 27.7 Å². The van der Waals surface area contributed by atoms with Crippen molar-refractivity contribution in [2.24, 2.45) is 0 Å². The van der Waals surface area contributed by atoms with E-state index < -0.39 is 0 Å². The summed E-state index contributed by atoms with van der Waals surface area (Å²) in [5, 5.41) is 0. The van der Waals surface area contributed by atoms with Gasteiger partial charge in [-0.05, 0) is 27.7 Å². The highest BCUT2D eigenvalue weighted by atomic mass is 16.1. The fourth-order valence-corrected chi connectivity index (χ4v) is 1.21. The van der Waals surface area contributed by atoms with Gasteiger partial charge in [-0.2, -0.15) is 0 Å². The van der Waals surface area contributed by atoms with Crippen molar-refractivity contribution in [2.45, 2.75) is 39.8 Å². The molecular weight excluding hydrogens is 150 g/mol. The van der Waals surface area contributed by atoms with Crippen molar-refractivity contribution in [2.75, 3.05) is 6.54 Å². The van der Waals surface area contributed by atoms with Crippen LogP contribution in [0.25, 0.3) is 0 Å². The van der Waals surface area contributed by atoms with Gasteiger partial charge in [0.25, 0.3) is 0 Å². The number of carbonyl (C=O) groups excluding carboxylic acids is 1. The number of nitrogens with zero attached hydrogens (tertiary/aromatic N) is 1. The molecule has 0 saturated carbocycles. The summed E-state index contributed by atoms with van der Waals surface area (Å²) in [6.45, 7) is 12.7. The van der Waals surface area contributed by atoms with Gasteiger partial charge in [0, 0.05) is 24.2 Å². The molecule has 0 rings (SSSR count). The van der Waals surface area contributed by atoms with E-state index in [0.29, 0.717) is 24.2 Å². The molecule has 0 unspecified atom stereocenters. The zero-order chi connectivity index (χ0) is 9.72. The zero-order valence-corrected chi connectivity index (χ0v) is 8.42. The molecule has 0 N–H and O–H groups in total. The van der Waals surface area contributed by atoms with Gasteiger partial charge in [-0.3, -0.25) is 9.69 Å². The maximum atomic E-state index is 10.2. The molecule has 0 aromatic heterocycles. The van der Waals surface area contributed by atoms with Crippen LogP contribution in [0, 0.1) is 0 Å². The van der Waals surface area contributed by atoms with E-state index in [9.17, 15) is 4.79 Å². The van der Waals surface area contributed by atoms with Crippen LogP contribution in [0.2, 0.25) is 0 Å². The van der Waals surface area contributed by atoms with Gasteiger partial charge in [-0.15, -0.1) is 0 Å². The molecule has 69 valence electrons. The summed E-state index contributed by atoms with van der Waals surface area (Å²) in [5.41, 5.74) is 0.525. The van der Waals surface area contributed by atoms with Gasteiger partial charge in [0.2, 0.25) is 6.29 Å². The van der Waals surface area contributed by atoms with Crippen LogP contribution in [-0.2, 0) is 4.79 Å². The van der Waals surface area contributed by atoms with Gasteiger partial charge < -0.3 is 0 Å². The third-order valence-corrected chi connectivity index (χ3v) is 1.84. The molecule has 0 spiro atoms. The van der Waals surface area contributed by atoms with E-state index in [0.717, 1.165) is 0 Å². The molecule has 0 aliphatic rings. The zero-order valence-electron chi connectivity index (χ0n) is 8.42. The van der Waals surface area contributed by atoms with E-state index in [1.807, 2.05) is 6.29 Å². The van der Waals surface area contributed by atoms with Gasteiger partial charge in [0.1, 0.15) is 0 Å². The molecule has 2 heteroatoms. The average molecular weight is 168 g/mol. The first-order valence-corrected chi connectivity index (χ1v) is 4.30. The summed E-state index contributed by atoms with van der Waals surface area (Å²) in [5.74, 6) is 0. The maximum absolute atomic E-state index is 10.2. The van der Waals surface area contributed by atoms with Crippen molar-refractivity contribution in [3.8, 4) is 0 Å². The van der Waals surface area contributed by atoms with Crippen LogP contribution >= 0.6 is 0 Å². The summed E-state index contributed by atoms with van der Waals surface area (Å²) in [7, 11) is 0. The van der Waals surface area contributed by atoms with Crippen molar-refractivity contribution in [3.63, 3.8) is 0 Å². The Morgan fingerprint density at radius 3 is 2.00 bits per heavy atom. The summed E-state index contributed by atoms with van der Waals surface area (Å²) in [6, 6.07) is 0.880. The SMILES string of the molecule is C=C([C]=O)CN(C(C)C)C(C)C. The Bertz CT molecular complexity index is 153. The minimum Gasteiger partial charge on any atom is -0.294 e. The van der Waals surface area contributed by atoms with Crippen LogP contribution in [0.15, 0.2) is 12.2 Å². The van der Waals surface area contributed by atoms with Gasteiger partial charge in [-0.1, -0.05) is 6.58 Å². The quantitative estimate of drug-likeness (QED) is 0.583. The Labute approximate surface area is 75.3 Å². The van der Waals surface area contributed by atoms with Gasteiger partial charge in [-0.25, -0.2) is 0 Å². The summed E-state index contributed by atoms with van der Waals surface area (Å²) in [4.78, 5) is 12.4. The third-order valence-electron chi connectivity index (χ3n) is 1.84. The first-order chi connectivity index (χ1) is 5.49. The maximum Gasteiger partial charge on any atom is 0.229 e. The highest BCUT2D eigenvalue weighted by molar-refractivity contribution is 5.73. The van der Waals surface area contributed by atoms with Crippen LogP contribution in [-0.4, -0.2) is 29.8 Å². The average Bonchev–Trinajstić information content (AvgIpc) is 1.98. The topological polar surface area (TPSA) is 20.3 Å². The van der Waals surface area contributed by atoms with Crippen molar-refractivity contribution in [3.05, 3.63) is 12.2 Å². The molecule has 0 aromatic rings. The first kappa shape index (κ1) is 11.4. The van der Waals surface area contributed by atoms with E-state index in [1.54, 1.807) is 0 Å². The second-order valence-corrected chi connectivity index (χ2v) is 3.57. The lowest BCUT2D eigenvalue weighted by Gasteiger charge is -2.29. The van der Waals surface area contributed by atoms with Gasteiger partial charge in [0.05, 0.1) is 0 Å².